The van der Waals surface area contributed by atoms with E-state index in [1.165, 1.54) is 31.2 Å². The lowest BCUT2D eigenvalue weighted by Gasteiger charge is -2.14. The standard InChI is InChI=1S/C15H22N2OS/c1-11-6-7-13(15(16)19)14(10-11)17-8-9-18-12-4-2-3-5-12/h6-7,10,12,17H,2-5,8-9H2,1H3,(H2,16,19). The topological polar surface area (TPSA) is 47.3 Å². The maximum absolute atomic E-state index is 5.83. The second kappa shape index (κ2) is 6.87. The van der Waals surface area contributed by atoms with Gasteiger partial charge in [-0.05, 0) is 37.5 Å². The number of anilines is 1. The van der Waals surface area contributed by atoms with Crippen LogP contribution in [0.15, 0.2) is 18.2 Å². The normalized spacial score (nSPS) is 15.6. The monoisotopic (exact) mass is 278 g/mol. The molecular weight excluding hydrogens is 256 g/mol. The molecule has 1 aliphatic rings. The molecule has 0 heterocycles. The van der Waals surface area contributed by atoms with Gasteiger partial charge in [-0.1, -0.05) is 31.1 Å². The summed E-state index contributed by atoms with van der Waals surface area (Å²) in [6.45, 7) is 3.58. The SMILES string of the molecule is Cc1ccc(C(N)=S)c(NCCOC2CCCC2)c1. The van der Waals surface area contributed by atoms with Gasteiger partial charge in [0.1, 0.15) is 4.99 Å². The van der Waals surface area contributed by atoms with E-state index in [9.17, 15) is 0 Å². The lowest BCUT2D eigenvalue weighted by Crippen LogP contribution is -2.18. The highest BCUT2D eigenvalue weighted by molar-refractivity contribution is 7.80. The quantitative estimate of drug-likeness (QED) is 0.620. The molecule has 0 aliphatic heterocycles. The van der Waals surface area contributed by atoms with Gasteiger partial charge in [-0.15, -0.1) is 0 Å². The maximum Gasteiger partial charge on any atom is 0.106 e. The molecule has 4 heteroatoms. The van der Waals surface area contributed by atoms with E-state index in [1.807, 2.05) is 12.1 Å². The Labute approximate surface area is 120 Å². The van der Waals surface area contributed by atoms with E-state index >= 15 is 0 Å². The Hall–Kier alpha value is -1.13. The van der Waals surface area contributed by atoms with E-state index in [0.29, 0.717) is 11.1 Å². The van der Waals surface area contributed by atoms with Crippen LogP contribution in [0, 0.1) is 6.92 Å². The van der Waals surface area contributed by atoms with Crippen molar-refractivity contribution >= 4 is 22.9 Å². The minimum atomic E-state index is 0.430. The molecule has 3 N–H and O–H groups in total. The Kier molecular flexibility index (Phi) is 5.16. The second-order valence-corrected chi connectivity index (χ2v) is 5.56. The van der Waals surface area contributed by atoms with Gasteiger partial charge < -0.3 is 15.8 Å². The van der Waals surface area contributed by atoms with Gasteiger partial charge in [-0.3, -0.25) is 0 Å². The zero-order chi connectivity index (χ0) is 13.7. The molecule has 0 amide bonds. The number of aryl methyl sites for hydroxylation is 1. The fourth-order valence-corrected chi connectivity index (χ4v) is 2.66. The number of hydrogen-bond acceptors (Lipinski definition) is 3. The van der Waals surface area contributed by atoms with Gasteiger partial charge in [-0.2, -0.15) is 0 Å². The van der Waals surface area contributed by atoms with E-state index in [4.69, 9.17) is 22.7 Å². The van der Waals surface area contributed by atoms with Crippen LogP contribution in [-0.2, 0) is 4.74 Å². The first-order valence-electron chi connectivity index (χ1n) is 6.93. The van der Waals surface area contributed by atoms with Crippen molar-refractivity contribution < 1.29 is 4.74 Å². The summed E-state index contributed by atoms with van der Waals surface area (Å²) in [6, 6.07) is 6.07. The maximum atomic E-state index is 5.83. The molecule has 0 unspecified atom stereocenters. The van der Waals surface area contributed by atoms with Crippen molar-refractivity contribution in [2.75, 3.05) is 18.5 Å². The molecule has 3 nitrogen and oxygen atoms in total. The molecule has 0 spiro atoms. The zero-order valence-corrected chi connectivity index (χ0v) is 12.3. The summed E-state index contributed by atoms with van der Waals surface area (Å²) in [6.07, 6.45) is 5.50. The van der Waals surface area contributed by atoms with Crippen LogP contribution in [0.25, 0.3) is 0 Å². The summed E-state index contributed by atoms with van der Waals surface area (Å²) in [4.78, 5) is 0.430. The van der Waals surface area contributed by atoms with Crippen molar-refractivity contribution in [2.24, 2.45) is 5.73 Å². The summed E-state index contributed by atoms with van der Waals surface area (Å²) >= 11 is 5.07. The Morgan fingerprint density at radius 1 is 1.42 bits per heavy atom. The molecule has 1 saturated carbocycles. The van der Waals surface area contributed by atoms with Crippen LogP contribution < -0.4 is 11.1 Å². The number of nitrogens with two attached hydrogens (primary N) is 1. The number of hydrogen-bond donors (Lipinski definition) is 2. The van der Waals surface area contributed by atoms with E-state index in [1.54, 1.807) is 0 Å². The molecule has 0 saturated heterocycles. The summed E-state index contributed by atoms with van der Waals surface area (Å²) in [7, 11) is 0. The van der Waals surface area contributed by atoms with Crippen LogP contribution in [0.3, 0.4) is 0 Å². The second-order valence-electron chi connectivity index (χ2n) is 5.12. The molecule has 0 bridgehead atoms. The molecule has 1 aliphatic carbocycles. The van der Waals surface area contributed by atoms with Crippen molar-refractivity contribution in [1.82, 2.24) is 0 Å². The van der Waals surface area contributed by atoms with Gasteiger partial charge in [0.2, 0.25) is 0 Å². The van der Waals surface area contributed by atoms with Crippen molar-refractivity contribution in [3.8, 4) is 0 Å². The van der Waals surface area contributed by atoms with Crippen LogP contribution in [0.5, 0.6) is 0 Å². The molecule has 1 aromatic rings. The molecule has 104 valence electrons. The highest BCUT2D eigenvalue weighted by Crippen LogP contribution is 2.21. The zero-order valence-electron chi connectivity index (χ0n) is 11.4. The lowest BCUT2D eigenvalue weighted by molar-refractivity contribution is 0.0659. The summed E-state index contributed by atoms with van der Waals surface area (Å²) in [5.74, 6) is 0. The third-order valence-electron chi connectivity index (χ3n) is 3.51. The van der Waals surface area contributed by atoms with E-state index in [2.05, 4.69) is 18.3 Å². The Morgan fingerprint density at radius 2 is 2.16 bits per heavy atom. The Bertz CT molecular complexity index is 442. The Balaban J connectivity index is 1.84. The first-order chi connectivity index (χ1) is 9.16. The number of thiocarbonyl (C=S) groups is 1. The molecule has 1 fully saturated rings. The van der Waals surface area contributed by atoms with Gasteiger partial charge in [0.25, 0.3) is 0 Å². The van der Waals surface area contributed by atoms with E-state index in [-0.39, 0.29) is 0 Å². The summed E-state index contributed by atoms with van der Waals surface area (Å²) in [5.41, 5.74) is 8.83. The largest absolute Gasteiger partial charge is 0.389 e. The predicted molar refractivity (Wildman–Crippen MR) is 83.8 cm³/mol. The third kappa shape index (κ3) is 4.18. The van der Waals surface area contributed by atoms with E-state index < -0.39 is 0 Å². The first-order valence-corrected chi connectivity index (χ1v) is 7.33. The van der Waals surface area contributed by atoms with Crippen LogP contribution in [0.2, 0.25) is 0 Å². The van der Waals surface area contributed by atoms with Gasteiger partial charge >= 0.3 is 0 Å². The molecule has 19 heavy (non-hydrogen) atoms. The highest BCUT2D eigenvalue weighted by atomic mass is 32.1. The third-order valence-corrected chi connectivity index (χ3v) is 3.73. The minimum Gasteiger partial charge on any atom is -0.389 e. The molecule has 0 aromatic heterocycles. The summed E-state index contributed by atoms with van der Waals surface area (Å²) < 4.78 is 5.83. The van der Waals surface area contributed by atoms with E-state index in [0.717, 1.165) is 24.4 Å². The first kappa shape index (κ1) is 14.3. The van der Waals surface area contributed by atoms with Gasteiger partial charge in [0.05, 0.1) is 12.7 Å². The van der Waals surface area contributed by atoms with Crippen molar-refractivity contribution in [2.45, 2.75) is 38.7 Å². The summed E-state index contributed by atoms with van der Waals surface area (Å²) in [5, 5.41) is 3.37. The van der Waals surface area contributed by atoms with Gasteiger partial charge in [0.15, 0.2) is 0 Å². The predicted octanol–water partition coefficient (Wildman–Crippen LogP) is 3.00. The average Bonchev–Trinajstić information content (AvgIpc) is 2.87. The number of benzene rings is 1. The van der Waals surface area contributed by atoms with Crippen LogP contribution in [0.4, 0.5) is 5.69 Å². The number of nitrogens with one attached hydrogen (secondary N) is 1. The average molecular weight is 278 g/mol. The smallest absolute Gasteiger partial charge is 0.106 e. The van der Waals surface area contributed by atoms with Gasteiger partial charge in [-0.25, -0.2) is 0 Å². The fourth-order valence-electron chi connectivity index (χ4n) is 2.49. The molecule has 0 atom stereocenters. The van der Waals surface area contributed by atoms with Crippen LogP contribution in [0.1, 0.15) is 36.8 Å². The molecule has 2 rings (SSSR count). The molecule has 0 radical (unpaired) electrons. The van der Waals surface area contributed by atoms with Gasteiger partial charge in [0, 0.05) is 17.8 Å². The number of rotatable bonds is 6. The number of ether oxygens (including phenoxy) is 1. The molecule has 1 aromatic carbocycles. The van der Waals surface area contributed by atoms with Crippen LogP contribution >= 0.6 is 12.2 Å². The Morgan fingerprint density at radius 3 is 2.84 bits per heavy atom. The van der Waals surface area contributed by atoms with Crippen molar-refractivity contribution in [3.63, 3.8) is 0 Å². The highest BCUT2D eigenvalue weighted by Gasteiger charge is 2.14. The van der Waals surface area contributed by atoms with Crippen molar-refractivity contribution in [3.05, 3.63) is 29.3 Å². The minimum absolute atomic E-state index is 0.430. The van der Waals surface area contributed by atoms with Crippen molar-refractivity contribution in [1.29, 1.82) is 0 Å². The lowest BCUT2D eigenvalue weighted by atomic mass is 10.1. The fraction of sp³-hybridized carbons (Fsp3) is 0.533. The molecular formula is C15H22N2OS. The van der Waals surface area contributed by atoms with Crippen LogP contribution in [-0.4, -0.2) is 24.2 Å².